The number of aryl methyl sites for hydroxylation is 2. The highest BCUT2D eigenvalue weighted by Crippen LogP contribution is 2.29. The second kappa shape index (κ2) is 5.13. The number of sulfone groups is 1. The Kier molecular flexibility index (Phi) is 3.71. The Balaban J connectivity index is 2.50. The standard InChI is InChI=1S/C15H17NO2S/c1-11-7-8-12(2)14(10-11)13(3)19(17,18)15-6-4-5-9-16-15/h4-10,13H,1-3H3. The van der Waals surface area contributed by atoms with E-state index >= 15 is 0 Å². The fourth-order valence-electron chi connectivity index (χ4n) is 2.06. The van der Waals surface area contributed by atoms with Gasteiger partial charge in [-0.3, -0.25) is 0 Å². The van der Waals surface area contributed by atoms with Gasteiger partial charge in [0.05, 0.1) is 5.25 Å². The number of hydrogen-bond donors (Lipinski definition) is 0. The van der Waals surface area contributed by atoms with Gasteiger partial charge in [0.1, 0.15) is 0 Å². The van der Waals surface area contributed by atoms with Crippen molar-refractivity contribution in [2.45, 2.75) is 31.0 Å². The molecule has 0 spiro atoms. The van der Waals surface area contributed by atoms with Crippen LogP contribution in [0.1, 0.15) is 28.9 Å². The fourth-order valence-corrected chi connectivity index (χ4v) is 3.49. The number of nitrogens with zero attached hydrogens (tertiary/aromatic N) is 1. The lowest BCUT2D eigenvalue weighted by Crippen LogP contribution is -2.13. The van der Waals surface area contributed by atoms with Crippen LogP contribution in [0.5, 0.6) is 0 Å². The average Bonchev–Trinajstić information content (AvgIpc) is 2.41. The maximum absolute atomic E-state index is 12.5. The van der Waals surface area contributed by atoms with E-state index in [0.717, 1.165) is 16.7 Å². The topological polar surface area (TPSA) is 47.0 Å². The second-order valence-electron chi connectivity index (χ2n) is 4.72. The van der Waals surface area contributed by atoms with Crippen molar-refractivity contribution in [1.82, 2.24) is 4.98 Å². The van der Waals surface area contributed by atoms with Crippen molar-refractivity contribution in [3.63, 3.8) is 0 Å². The van der Waals surface area contributed by atoms with E-state index in [1.807, 2.05) is 32.0 Å². The van der Waals surface area contributed by atoms with Crippen LogP contribution in [0.4, 0.5) is 0 Å². The maximum atomic E-state index is 12.5. The van der Waals surface area contributed by atoms with Crippen molar-refractivity contribution >= 4 is 9.84 Å². The van der Waals surface area contributed by atoms with Gasteiger partial charge in [0.15, 0.2) is 5.03 Å². The summed E-state index contributed by atoms with van der Waals surface area (Å²) in [5.74, 6) is 0. The Labute approximate surface area is 114 Å². The molecule has 2 rings (SSSR count). The molecule has 0 bridgehead atoms. The minimum absolute atomic E-state index is 0.128. The van der Waals surface area contributed by atoms with Gasteiger partial charge in [-0.2, -0.15) is 0 Å². The van der Waals surface area contributed by atoms with Gasteiger partial charge in [0, 0.05) is 6.20 Å². The van der Waals surface area contributed by atoms with Crippen molar-refractivity contribution in [2.24, 2.45) is 0 Å². The molecule has 1 heterocycles. The first-order valence-electron chi connectivity index (χ1n) is 6.15. The summed E-state index contributed by atoms with van der Waals surface area (Å²) in [6, 6.07) is 10.8. The van der Waals surface area contributed by atoms with Crippen molar-refractivity contribution in [3.8, 4) is 0 Å². The van der Waals surface area contributed by atoms with Crippen LogP contribution in [0.3, 0.4) is 0 Å². The van der Waals surface area contributed by atoms with Crippen LogP contribution in [0, 0.1) is 13.8 Å². The molecular formula is C15H17NO2S. The first-order valence-corrected chi connectivity index (χ1v) is 7.69. The zero-order valence-electron chi connectivity index (χ0n) is 11.3. The van der Waals surface area contributed by atoms with E-state index in [0.29, 0.717) is 0 Å². The van der Waals surface area contributed by atoms with Crippen molar-refractivity contribution < 1.29 is 8.42 Å². The van der Waals surface area contributed by atoms with Crippen molar-refractivity contribution in [2.75, 3.05) is 0 Å². The van der Waals surface area contributed by atoms with E-state index in [4.69, 9.17) is 0 Å². The summed E-state index contributed by atoms with van der Waals surface area (Å²) in [6.45, 7) is 5.61. The van der Waals surface area contributed by atoms with E-state index in [1.165, 1.54) is 12.3 Å². The SMILES string of the molecule is Cc1ccc(C)c(C(C)S(=O)(=O)c2ccccn2)c1. The molecule has 1 aromatic heterocycles. The highest BCUT2D eigenvalue weighted by molar-refractivity contribution is 7.91. The predicted octanol–water partition coefficient (Wildman–Crippen LogP) is 3.23. The third-order valence-corrected chi connectivity index (χ3v) is 5.28. The minimum atomic E-state index is -3.44. The maximum Gasteiger partial charge on any atom is 0.202 e. The first-order chi connectivity index (χ1) is 8.93. The van der Waals surface area contributed by atoms with E-state index in [-0.39, 0.29) is 5.03 Å². The summed E-state index contributed by atoms with van der Waals surface area (Å²) in [6.07, 6.45) is 1.50. The average molecular weight is 275 g/mol. The van der Waals surface area contributed by atoms with Gasteiger partial charge in [-0.1, -0.05) is 29.8 Å². The Morgan fingerprint density at radius 2 is 1.84 bits per heavy atom. The number of hydrogen-bond acceptors (Lipinski definition) is 3. The second-order valence-corrected chi connectivity index (χ2v) is 6.93. The number of rotatable bonds is 3. The molecule has 3 nitrogen and oxygen atoms in total. The molecule has 0 aliphatic heterocycles. The van der Waals surface area contributed by atoms with Gasteiger partial charge >= 0.3 is 0 Å². The van der Waals surface area contributed by atoms with Gasteiger partial charge < -0.3 is 0 Å². The Morgan fingerprint density at radius 1 is 1.11 bits per heavy atom. The summed E-state index contributed by atoms with van der Waals surface area (Å²) in [5, 5.41) is -0.467. The molecule has 1 unspecified atom stereocenters. The molecule has 0 saturated carbocycles. The summed E-state index contributed by atoms with van der Waals surface area (Å²) < 4.78 is 25.1. The molecule has 0 N–H and O–H groups in total. The Morgan fingerprint density at radius 3 is 2.47 bits per heavy atom. The molecule has 0 amide bonds. The molecule has 0 fully saturated rings. The summed E-state index contributed by atoms with van der Waals surface area (Å²) in [5.41, 5.74) is 2.88. The van der Waals surface area contributed by atoms with Gasteiger partial charge in [-0.25, -0.2) is 13.4 Å². The molecule has 2 aromatic rings. The van der Waals surface area contributed by atoms with Crippen LogP contribution in [0.2, 0.25) is 0 Å². The van der Waals surface area contributed by atoms with Gasteiger partial charge in [-0.15, -0.1) is 0 Å². The Hall–Kier alpha value is -1.68. The highest BCUT2D eigenvalue weighted by atomic mass is 32.2. The lowest BCUT2D eigenvalue weighted by molar-refractivity contribution is 0.582. The fraction of sp³-hybridized carbons (Fsp3) is 0.267. The third kappa shape index (κ3) is 2.68. The quantitative estimate of drug-likeness (QED) is 0.864. The molecule has 19 heavy (non-hydrogen) atoms. The van der Waals surface area contributed by atoms with Crippen LogP contribution in [0.25, 0.3) is 0 Å². The van der Waals surface area contributed by atoms with Gasteiger partial charge in [0.25, 0.3) is 0 Å². The molecule has 100 valence electrons. The van der Waals surface area contributed by atoms with E-state index in [9.17, 15) is 8.42 Å². The van der Waals surface area contributed by atoms with Crippen LogP contribution < -0.4 is 0 Å². The van der Waals surface area contributed by atoms with E-state index in [1.54, 1.807) is 19.1 Å². The largest absolute Gasteiger partial charge is 0.245 e. The molecule has 1 aromatic carbocycles. The van der Waals surface area contributed by atoms with Crippen molar-refractivity contribution in [1.29, 1.82) is 0 Å². The Bertz CT molecular complexity index is 679. The van der Waals surface area contributed by atoms with Crippen molar-refractivity contribution in [3.05, 3.63) is 59.3 Å². The lowest BCUT2D eigenvalue weighted by atomic mass is 10.0. The normalized spacial score (nSPS) is 13.2. The van der Waals surface area contributed by atoms with Crippen LogP contribution in [-0.2, 0) is 9.84 Å². The zero-order chi connectivity index (χ0) is 14.0. The third-order valence-electron chi connectivity index (χ3n) is 3.27. The summed E-state index contributed by atoms with van der Waals surface area (Å²) in [4.78, 5) is 3.96. The predicted molar refractivity (Wildman–Crippen MR) is 75.8 cm³/mol. The highest BCUT2D eigenvalue weighted by Gasteiger charge is 2.27. The zero-order valence-corrected chi connectivity index (χ0v) is 12.1. The first kappa shape index (κ1) is 13.7. The monoisotopic (exact) mass is 275 g/mol. The molecule has 1 atom stereocenters. The summed E-state index contributed by atoms with van der Waals surface area (Å²) >= 11 is 0. The van der Waals surface area contributed by atoms with Crippen LogP contribution in [0.15, 0.2) is 47.6 Å². The smallest absolute Gasteiger partial charge is 0.202 e. The number of benzene rings is 1. The minimum Gasteiger partial charge on any atom is -0.245 e. The lowest BCUT2D eigenvalue weighted by Gasteiger charge is -2.15. The van der Waals surface area contributed by atoms with Gasteiger partial charge in [-0.05, 0) is 44.0 Å². The number of pyridine rings is 1. The molecule has 0 radical (unpaired) electrons. The molecular weight excluding hydrogens is 258 g/mol. The molecule has 0 aliphatic rings. The van der Waals surface area contributed by atoms with E-state index < -0.39 is 15.1 Å². The van der Waals surface area contributed by atoms with Gasteiger partial charge in [0.2, 0.25) is 9.84 Å². The molecule has 4 heteroatoms. The summed E-state index contributed by atoms with van der Waals surface area (Å²) in [7, 11) is -3.44. The number of aromatic nitrogens is 1. The van der Waals surface area contributed by atoms with E-state index in [2.05, 4.69) is 4.98 Å². The van der Waals surface area contributed by atoms with Crippen LogP contribution in [-0.4, -0.2) is 13.4 Å². The molecule has 0 saturated heterocycles. The van der Waals surface area contributed by atoms with Crippen LogP contribution >= 0.6 is 0 Å². The molecule has 0 aliphatic carbocycles.